The number of para-hydroxylation sites is 1. The molecule has 22 heavy (non-hydrogen) atoms. The van der Waals surface area contributed by atoms with Crippen molar-refractivity contribution >= 4 is 20.9 Å². The van der Waals surface area contributed by atoms with Crippen molar-refractivity contribution < 1.29 is 8.42 Å². The van der Waals surface area contributed by atoms with Crippen molar-refractivity contribution in [1.82, 2.24) is 9.29 Å². The van der Waals surface area contributed by atoms with Crippen LogP contribution in [0.1, 0.15) is 38.2 Å². The molecule has 1 aliphatic rings. The third-order valence-electron chi connectivity index (χ3n) is 4.77. The molecule has 1 saturated carbocycles. The van der Waals surface area contributed by atoms with Gasteiger partial charge < -0.3 is 4.98 Å². The van der Waals surface area contributed by atoms with E-state index in [0.29, 0.717) is 6.54 Å². The summed E-state index contributed by atoms with van der Waals surface area (Å²) in [6.45, 7) is 2.60. The predicted octanol–water partition coefficient (Wildman–Crippen LogP) is 3.26. The summed E-state index contributed by atoms with van der Waals surface area (Å²) in [5.41, 5.74) is 2.38. The maximum Gasteiger partial charge on any atom is 0.213 e. The van der Waals surface area contributed by atoms with Gasteiger partial charge in [-0.2, -0.15) is 0 Å². The molecule has 5 heteroatoms. The summed E-state index contributed by atoms with van der Waals surface area (Å²) in [6.07, 6.45) is 5.81. The molecule has 0 atom stereocenters. The SMILES string of the molecule is CCCCS(=O)(=O)N(C)CC1(c2c[nH]c3ccccc23)CC1. The number of benzene rings is 1. The fourth-order valence-electron chi connectivity index (χ4n) is 3.18. The van der Waals surface area contributed by atoms with Gasteiger partial charge in [0.25, 0.3) is 0 Å². The number of fused-ring (bicyclic) bond motifs is 1. The van der Waals surface area contributed by atoms with Crippen LogP contribution in [0.25, 0.3) is 10.9 Å². The molecular weight excluding hydrogens is 296 g/mol. The predicted molar refractivity (Wildman–Crippen MR) is 90.5 cm³/mol. The summed E-state index contributed by atoms with van der Waals surface area (Å²) >= 11 is 0. The first-order valence-corrected chi connectivity index (χ1v) is 9.60. The summed E-state index contributed by atoms with van der Waals surface area (Å²) in [7, 11) is -1.41. The van der Waals surface area contributed by atoms with Crippen molar-refractivity contribution in [3.05, 3.63) is 36.0 Å². The molecule has 1 aliphatic carbocycles. The summed E-state index contributed by atoms with van der Waals surface area (Å²) in [4.78, 5) is 3.31. The van der Waals surface area contributed by atoms with E-state index in [2.05, 4.69) is 23.3 Å². The van der Waals surface area contributed by atoms with Gasteiger partial charge >= 0.3 is 0 Å². The van der Waals surface area contributed by atoms with Gasteiger partial charge in [0, 0.05) is 36.1 Å². The van der Waals surface area contributed by atoms with Crippen LogP contribution in [0, 0.1) is 0 Å². The molecule has 0 saturated heterocycles. The molecule has 0 spiro atoms. The van der Waals surface area contributed by atoms with E-state index >= 15 is 0 Å². The third-order valence-corrected chi connectivity index (χ3v) is 6.65. The Hall–Kier alpha value is -1.33. The van der Waals surface area contributed by atoms with Crippen molar-refractivity contribution in [1.29, 1.82) is 0 Å². The number of likely N-dealkylation sites (N-methyl/N-ethyl adjacent to an activating group) is 1. The van der Waals surface area contributed by atoms with Crippen LogP contribution in [0.3, 0.4) is 0 Å². The lowest BCUT2D eigenvalue weighted by Gasteiger charge is -2.23. The van der Waals surface area contributed by atoms with E-state index in [1.807, 2.05) is 19.1 Å². The summed E-state index contributed by atoms with van der Waals surface area (Å²) in [5.74, 6) is 0.254. The number of nitrogens with zero attached hydrogens (tertiary/aromatic N) is 1. The molecule has 0 amide bonds. The number of H-pyrrole nitrogens is 1. The molecule has 120 valence electrons. The fraction of sp³-hybridized carbons (Fsp3) is 0.529. The first-order chi connectivity index (χ1) is 10.5. The molecule has 1 aromatic carbocycles. The average molecular weight is 320 g/mol. The number of hydrogen-bond acceptors (Lipinski definition) is 2. The van der Waals surface area contributed by atoms with E-state index in [-0.39, 0.29) is 11.2 Å². The minimum atomic E-state index is -3.14. The molecular formula is C17H24N2O2S. The molecule has 1 N–H and O–H groups in total. The maximum atomic E-state index is 12.3. The fourth-order valence-corrected chi connectivity index (χ4v) is 4.59. The maximum absolute atomic E-state index is 12.3. The molecule has 0 aliphatic heterocycles. The Balaban J connectivity index is 1.83. The standard InChI is InChI=1S/C17H24N2O2S/c1-3-4-11-22(20,21)19(2)13-17(9-10-17)15-12-18-16-8-6-5-7-14(15)16/h5-8,12,18H,3-4,9-11,13H2,1-2H3. The molecule has 3 rings (SSSR count). The average Bonchev–Trinajstić information content (AvgIpc) is 3.14. The normalized spacial score (nSPS) is 17.2. The minimum Gasteiger partial charge on any atom is -0.361 e. The number of hydrogen-bond donors (Lipinski definition) is 1. The first kappa shape index (κ1) is 15.6. The molecule has 1 aromatic heterocycles. The van der Waals surface area contributed by atoms with E-state index in [0.717, 1.165) is 31.2 Å². The second kappa shape index (κ2) is 5.70. The Morgan fingerprint density at radius 2 is 2.00 bits per heavy atom. The van der Waals surface area contributed by atoms with E-state index in [4.69, 9.17) is 0 Å². The Morgan fingerprint density at radius 3 is 2.68 bits per heavy atom. The Kier molecular flexibility index (Phi) is 4.03. The van der Waals surface area contributed by atoms with E-state index in [1.54, 1.807) is 11.4 Å². The van der Waals surface area contributed by atoms with Crippen molar-refractivity contribution in [2.75, 3.05) is 19.3 Å². The van der Waals surface area contributed by atoms with Crippen molar-refractivity contribution in [2.45, 2.75) is 38.0 Å². The number of sulfonamides is 1. The zero-order valence-electron chi connectivity index (χ0n) is 13.3. The monoisotopic (exact) mass is 320 g/mol. The van der Waals surface area contributed by atoms with Crippen molar-refractivity contribution in [2.24, 2.45) is 0 Å². The molecule has 0 unspecified atom stereocenters. The van der Waals surface area contributed by atoms with Crippen LogP contribution >= 0.6 is 0 Å². The van der Waals surface area contributed by atoms with Crippen LogP contribution in [0.5, 0.6) is 0 Å². The highest BCUT2D eigenvalue weighted by molar-refractivity contribution is 7.89. The topological polar surface area (TPSA) is 53.2 Å². The number of aromatic amines is 1. The van der Waals surface area contributed by atoms with Gasteiger partial charge in [0.15, 0.2) is 0 Å². The van der Waals surface area contributed by atoms with Crippen molar-refractivity contribution in [3.8, 4) is 0 Å². The van der Waals surface area contributed by atoms with Gasteiger partial charge in [-0.05, 0) is 30.9 Å². The summed E-state index contributed by atoms with van der Waals surface area (Å²) in [6, 6.07) is 8.24. The van der Waals surface area contributed by atoms with E-state index in [1.165, 1.54) is 10.9 Å². The number of rotatable bonds is 7. The van der Waals surface area contributed by atoms with Crippen molar-refractivity contribution in [3.63, 3.8) is 0 Å². The van der Waals surface area contributed by atoms with E-state index < -0.39 is 10.0 Å². The molecule has 4 nitrogen and oxygen atoms in total. The highest BCUT2D eigenvalue weighted by Crippen LogP contribution is 2.51. The van der Waals surface area contributed by atoms with Gasteiger partial charge in [-0.1, -0.05) is 31.5 Å². The third kappa shape index (κ3) is 2.79. The molecule has 1 fully saturated rings. The highest BCUT2D eigenvalue weighted by atomic mass is 32.2. The quantitative estimate of drug-likeness (QED) is 0.851. The lowest BCUT2D eigenvalue weighted by atomic mass is 9.95. The summed E-state index contributed by atoms with van der Waals surface area (Å²) < 4.78 is 26.3. The van der Waals surface area contributed by atoms with Crippen LogP contribution in [0.15, 0.2) is 30.5 Å². The number of unbranched alkanes of at least 4 members (excludes halogenated alkanes) is 1. The van der Waals surface area contributed by atoms with Gasteiger partial charge in [0.2, 0.25) is 10.0 Å². The zero-order valence-corrected chi connectivity index (χ0v) is 14.1. The smallest absolute Gasteiger partial charge is 0.213 e. The lowest BCUT2D eigenvalue weighted by Crippen LogP contribution is -2.35. The molecule has 2 aromatic rings. The second-order valence-corrected chi connectivity index (χ2v) is 8.65. The lowest BCUT2D eigenvalue weighted by molar-refractivity contribution is 0.427. The zero-order chi connectivity index (χ0) is 15.8. The summed E-state index contributed by atoms with van der Waals surface area (Å²) in [5, 5.41) is 1.22. The Morgan fingerprint density at radius 1 is 1.27 bits per heavy atom. The number of aromatic nitrogens is 1. The van der Waals surface area contributed by atoms with Gasteiger partial charge in [0.1, 0.15) is 0 Å². The van der Waals surface area contributed by atoms with Crippen LogP contribution in [0.4, 0.5) is 0 Å². The van der Waals surface area contributed by atoms with Gasteiger partial charge in [-0.3, -0.25) is 0 Å². The largest absolute Gasteiger partial charge is 0.361 e. The van der Waals surface area contributed by atoms with E-state index in [9.17, 15) is 8.42 Å². The van der Waals surface area contributed by atoms with Crippen LogP contribution < -0.4 is 0 Å². The van der Waals surface area contributed by atoms with Crippen LogP contribution in [-0.2, 0) is 15.4 Å². The van der Waals surface area contributed by atoms with Crippen LogP contribution in [-0.4, -0.2) is 37.1 Å². The van der Waals surface area contributed by atoms with Gasteiger partial charge in [-0.25, -0.2) is 12.7 Å². The Bertz CT molecular complexity index is 760. The minimum absolute atomic E-state index is 0.00631. The first-order valence-electron chi connectivity index (χ1n) is 7.99. The van der Waals surface area contributed by atoms with Crippen LogP contribution in [0.2, 0.25) is 0 Å². The Labute approximate surface area is 132 Å². The van der Waals surface area contributed by atoms with Gasteiger partial charge in [0.05, 0.1) is 5.75 Å². The number of nitrogens with one attached hydrogen (secondary N) is 1. The molecule has 0 bridgehead atoms. The molecule has 1 heterocycles. The molecule has 0 radical (unpaired) electrons. The highest BCUT2D eigenvalue weighted by Gasteiger charge is 2.47. The second-order valence-electron chi connectivity index (χ2n) is 6.45. The van der Waals surface area contributed by atoms with Gasteiger partial charge in [-0.15, -0.1) is 0 Å².